The number of hydrogen-bond donors (Lipinski definition) is 1. The number of para-hydroxylation sites is 2. The highest BCUT2D eigenvalue weighted by Gasteiger charge is 2.49. The van der Waals surface area contributed by atoms with Crippen molar-refractivity contribution in [1.82, 2.24) is 9.88 Å². The van der Waals surface area contributed by atoms with Gasteiger partial charge in [-0.25, -0.2) is 4.79 Å². The number of hydrogen-bond acceptors (Lipinski definition) is 5. The third-order valence-corrected chi connectivity index (χ3v) is 7.02. The molecule has 3 atom stereocenters. The normalized spacial score (nSPS) is 27.9. The maximum atomic E-state index is 13.4. The first-order chi connectivity index (χ1) is 14.1. The summed E-state index contributed by atoms with van der Waals surface area (Å²) in [6.45, 7) is 1.39. The van der Waals surface area contributed by atoms with Crippen molar-refractivity contribution in [1.29, 1.82) is 0 Å². The Labute approximate surface area is 169 Å². The first kappa shape index (κ1) is 18.5. The molecule has 1 N–H and O–H groups in total. The quantitative estimate of drug-likeness (QED) is 0.855. The summed E-state index contributed by atoms with van der Waals surface area (Å²) >= 11 is 0. The number of carbonyl (C=O) groups is 2. The lowest BCUT2D eigenvalue weighted by Crippen LogP contribution is -2.50. The van der Waals surface area contributed by atoms with Crippen LogP contribution in [-0.4, -0.2) is 52.0 Å². The number of anilines is 1. The van der Waals surface area contributed by atoms with Gasteiger partial charge in [0, 0.05) is 25.0 Å². The second kappa shape index (κ2) is 7.35. The number of fused-ring (bicyclic) bond motifs is 2. The lowest BCUT2D eigenvalue weighted by Gasteiger charge is -2.37. The van der Waals surface area contributed by atoms with Gasteiger partial charge in [-0.05, 0) is 50.2 Å². The third kappa shape index (κ3) is 3.26. The summed E-state index contributed by atoms with van der Waals surface area (Å²) in [5.74, 6) is -0.563. The number of benzene rings is 1. The Morgan fingerprint density at radius 3 is 2.59 bits per heavy atom. The van der Waals surface area contributed by atoms with Gasteiger partial charge < -0.3 is 19.3 Å². The Kier molecular flexibility index (Phi) is 4.68. The van der Waals surface area contributed by atoms with Crippen molar-refractivity contribution in [3.05, 3.63) is 24.3 Å². The van der Waals surface area contributed by atoms with E-state index in [1.54, 1.807) is 4.90 Å². The van der Waals surface area contributed by atoms with Crippen LogP contribution in [0.5, 0.6) is 0 Å². The van der Waals surface area contributed by atoms with Crippen molar-refractivity contribution in [2.75, 3.05) is 18.0 Å². The van der Waals surface area contributed by atoms with E-state index >= 15 is 0 Å². The van der Waals surface area contributed by atoms with E-state index in [0.717, 1.165) is 36.8 Å². The summed E-state index contributed by atoms with van der Waals surface area (Å²) in [5.41, 5.74) is 1.61. The fourth-order valence-corrected chi connectivity index (χ4v) is 5.52. The summed E-state index contributed by atoms with van der Waals surface area (Å²) < 4.78 is 5.86. The predicted octanol–water partition coefficient (Wildman–Crippen LogP) is 3.29. The third-order valence-electron chi connectivity index (χ3n) is 7.02. The van der Waals surface area contributed by atoms with Crippen LogP contribution < -0.4 is 4.90 Å². The second-order valence-corrected chi connectivity index (χ2v) is 8.67. The molecule has 0 radical (unpaired) electrons. The van der Waals surface area contributed by atoms with Crippen molar-refractivity contribution in [2.24, 2.45) is 11.8 Å². The summed E-state index contributed by atoms with van der Waals surface area (Å²) in [6.07, 6.45) is 6.27. The van der Waals surface area contributed by atoms with Crippen LogP contribution in [0, 0.1) is 11.8 Å². The fraction of sp³-hybridized carbons (Fsp3) is 0.591. The Morgan fingerprint density at radius 2 is 1.83 bits per heavy atom. The molecular formula is C22H27N3O4. The number of aliphatic carboxylic acids is 1. The molecule has 2 aliphatic heterocycles. The van der Waals surface area contributed by atoms with Crippen molar-refractivity contribution in [3.8, 4) is 0 Å². The second-order valence-electron chi connectivity index (χ2n) is 8.67. The van der Waals surface area contributed by atoms with E-state index in [9.17, 15) is 14.7 Å². The van der Waals surface area contributed by atoms with Gasteiger partial charge in [0.25, 0.3) is 6.01 Å². The molecule has 0 bridgehead atoms. The molecule has 1 aliphatic carbocycles. The van der Waals surface area contributed by atoms with Crippen LogP contribution >= 0.6 is 0 Å². The first-order valence-corrected chi connectivity index (χ1v) is 10.8. The summed E-state index contributed by atoms with van der Waals surface area (Å²) in [4.78, 5) is 33.6. The lowest BCUT2D eigenvalue weighted by atomic mass is 9.84. The van der Waals surface area contributed by atoms with Gasteiger partial charge in [0.05, 0.1) is 0 Å². The van der Waals surface area contributed by atoms with E-state index in [1.165, 1.54) is 0 Å². The van der Waals surface area contributed by atoms with Crippen LogP contribution in [0.15, 0.2) is 28.7 Å². The molecule has 7 heteroatoms. The van der Waals surface area contributed by atoms with Crippen LogP contribution in [0.2, 0.25) is 0 Å². The van der Waals surface area contributed by atoms with Gasteiger partial charge in [0.2, 0.25) is 5.91 Å². The molecule has 3 fully saturated rings. The number of oxazole rings is 1. The van der Waals surface area contributed by atoms with E-state index in [2.05, 4.69) is 9.88 Å². The van der Waals surface area contributed by atoms with Gasteiger partial charge >= 0.3 is 5.97 Å². The lowest BCUT2D eigenvalue weighted by molar-refractivity contribution is -0.152. The van der Waals surface area contributed by atoms with E-state index in [0.29, 0.717) is 44.3 Å². The highest BCUT2D eigenvalue weighted by Crippen LogP contribution is 2.41. The minimum Gasteiger partial charge on any atom is -0.480 e. The number of amides is 1. The molecule has 3 aliphatic rings. The molecule has 1 amide bonds. The average Bonchev–Trinajstić information content (AvgIpc) is 3.35. The SMILES string of the molecule is O=C(O)[C@@H]1C[C@H]2CCCC[C@H]2N1C(=O)C1CCN(c2nc3ccccc3o2)CC1. The standard InChI is InChI=1S/C22H27N3O4/c26-20(25-17-7-3-1-5-15(17)13-18(25)21(27)28)14-9-11-24(12-10-14)22-23-16-6-2-4-8-19(16)29-22/h2,4,6,8,14-15,17-18H,1,3,5,7,9-13H2,(H,27,28)/t15-,17-,18+/m1/s1. The maximum Gasteiger partial charge on any atom is 0.326 e. The van der Waals surface area contributed by atoms with Crippen molar-refractivity contribution in [2.45, 2.75) is 57.0 Å². The molecular weight excluding hydrogens is 370 g/mol. The molecule has 2 aromatic rings. The summed E-state index contributed by atoms with van der Waals surface area (Å²) in [7, 11) is 0. The molecule has 7 nitrogen and oxygen atoms in total. The highest BCUT2D eigenvalue weighted by molar-refractivity contribution is 5.86. The smallest absolute Gasteiger partial charge is 0.326 e. The minimum absolute atomic E-state index is 0.0454. The Hall–Kier alpha value is -2.57. The number of piperidine rings is 1. The number of rotatable bonds is 3. The van der Waals surface area contributed by atoms with E-state index < -0.39 is 12.0 Å². The van der Waals surface area contributed by atoms with E-state index in [1.807, 2.05) is 24.3 Å². The Balaban J connectivity index is 1.28. The number of likely N-dealkylation sites (tertiary alicyclic amines) is 1. The zero-order chi connectivity index (χ0) is 20.0. The molecule has 29 heavy (non-hydrogen) atoms. The van der Waals surface area contributed by atoms with Crippen LogP contribution in [0.3, 0.4) is 0 Å². The number of carboxylic acid groups (broad SMARTS) is 1. The number of nitrogens with zero attached hydrogens (tertiary/aromatic N) is 3. The predicted molar refractivity (Wildman–Crippen MR) is 108 cm³/mol. The number of carboxylic acids is 1. The molecule has 0 spiro atoms. The molecule has 0 unspecified atom stereocenters. The van der Waals surface area contributed by atoms with Crippen molar-refractivity contribution < 1.29 is 19.1 Å². The molecule has 3 heterocycles. The summed E-state index contributed by atoms with van der Waals surface area (Å²) in [5, 5.41) is 9.71. The van der Waals surface area contributed by atoms with Crippen molar-refractivity contribution >= 4 is 29.0 Å². The Bertz CT molecular complexity index is 885. The molecule has 1 aromatic heterocycles. The first-order valence-electron chi connectivity index (χ1n) is 10.8. The summed E-state index contributed by atoms with van der Waals surface area (Å²) in [6, 6.07) is 7.77. The zero-order valence-corrected chi connectivity index (χ0v) is 16.5. The van der Waals surface area contributed by atoms with Gasteiger partial charge in [-0.2, -0.15) is 4.98 Å². The molecule has 1 aromatic carbocycles. The van der Waals surface area contributed by atoms with Crippen LogP contribution in [-0.2, 0) is 9.59 Å². The molecule has 5 rings (SSSR count). The maximum absolute atomic E-state index is 13.4. The van der Waals surface area contributed by atoms with Crippen LogP contribution in [0.1, 0.15) is 44.9 Å². The van der Waals surface area contributed by atoms with Crippen LogP contribution in [0.4, 0.5) is 6.01 Å². The highest BCUT2D eigenvalue weighted by atomic mass is 16.4. The molecule has 1 saturated carbocycles. The fourth-order valence-electron chi connectivity index (χ4n) is 5.52. The van der Waals surface area contributed by atoms with Gasteiger partial charge in [-0.3, -0.25) is 4.79 Å². The van der Waals surface area contributed by atoms with Crippen LogP contribution in [0.25, 0.3) is 11.1 Å². The topological polar surface area (TPSA) is 86.9 Å². The number of aromatic nitrogens is 1. The molecule has 2 saturated heterocycles. The van der Waals surface area contributed by atoms with Gasteiger partial charge in [0.15, 0.2) is 5.58 Å². The number of carbonyl (C=O) groups excluding carboxylic acids is 1. The average molecular weight is 397 g/mol. The van der Waals surface area contributed by atoms with E-state index in [4.69, 9.17) is 4.42 Å². The van der Waals surface area contributed by atoms with Gasteiger partial charge in [-0.15, -0.1) is 0 Å². The molecule has 154 valence electrons. The van der Waals surface area contributed by atoms with Gasteiger partial charge in [-0.1, -0.05) is 25.0 Å². The van der Waals surface area contributed by atoms with Gasteiger partial charge in [0.1, 0.15) is 11.6 Å². The monoisotopic (exact) mass is 397 g/mol. The Morgan fingerprint density at radius 1 is 1.07 bits per heavy atom. The zero-order valence-electron chi connectivity index (χ0n) is 16.5. The van der Waals surface area contributed by atoms with Crippen molar-refractivity contribution in [3.63, 3.8) is 0 Å². The minimum atomic E-state index is -0.850. The van der Waals surface area contributed by atoms with E-state index in [-0.39, 0.29) is 17.9 Å². The largest absolute Gasteiger partial charge is 0.480 e.